The molecule has 2 aromatic carbocycles. The fourth-order valence-electron chi connectivity index (χ4n) is 3.60. The van der Waals surface area contributed by atoms with Crippen molar-refractivity contribution in [1.82, 2.24) is 0 Å². The Bertz CT molecular complexity index is 1050. The number of anilines is 1. The molecule has 5 nitrogen and oxygen atoms in total. The highest BCUT2D eigenvalue weighted by molar-refractivity contribution is 8.16. The second-order valence-corrected chi connectivity index (χ2v) is 11.2. The van der Waals surface area contributed by atoms with Gasteiger partial charge in [0.05, 0.1) is 33.3 Å². The van der Waals surface area contributed by atoms with Crippen LogP contribution in [0, 0.1) is 0 Å². The van der Waals surface area contributed by atoms with Crippen molar-refractivity contribution in [3.8, 4) is 0 Å². The van der Waals surface area contributed by atoms with Gasteiger partial charge in [-0.15, -0.1) is 0 Å². The normalized spacial score (nSPS) is 24.1. The number of thioether (sulfide) groups is 1. The molecular weight excluding hydrogens is 451 g/mol. The molecule has 2 heterocycles. The second kappa shape index (κ2) is 8.30. The molecule has 29 heavy (non-hydrogen) atoms. The van der Waals surface area contributed by atoms with Crippen molar-refractivity contribution >= 4 is 61.6 Å². The summed E-state index contributed by atoms with van der Waals surface area (Å²) in [6, 6.07) is 14.5. The van der Waals surface area contributed by atoms with Crippen molar-refractivity contribution in [3.63, 3.8) is 0 Å². The van der Waals surface area contributed by atoms with E-state index in [0.717, 1.165) is 5.56 Å². The highest BCUT2D eigenvalue weighted by atomic mass is 35.5. The quantitative estimate of drug-likeness (QED) is 0.671. The van der Waals surface area contributed by atoms with Crippen LogP contribution in [0.3, 0.4) is 0 Å². The van der Waals surface area contributed by atoms with E-state index >= 15 is 0 Å². The van der Waals surface area contributed by atoms with Crippen molar-refractivity contribution in [2.24, 2.45) is 4.99 Å². The third-order valence-electron chi connectivity index (χ3n) is 4.94. The Kier molecular flexibility index (Phi) is 5.93. The molecule has 0 aromatic heterocycles. The summed E-state index contributed by atoms with van der Waals surface area (Å²) in [7, 11) is -3.16. The number of para-hydroxylation sites is 1. The van der Waals surface area contributed by atoms with Crippen LogP contribution in [0.1, 0.15) is 12.0 Å². The number of hydrogen-bond acceptors (Lipinski definition) is 4. The minimum atomic E-state index is -3.16. The zero-order valence-electron chi connectivity index (χ0n) is 15.3. The third kappa shape index (κ3) is 4.48. The number of aryl methyl sites for hydroxylation is 1. The van der Waals surface area contributed by atoms with Crippen LogP contribution in [-0.4, -0.2) is 42.3 Å². The van der Waals surface area contributed by atoms with Gasteiger partial charge < -0.3 is 4.90 Å². The van der Waals surface area contributed by atoms with Gasteiger partial charge in [0, 0.05) is 11.7 Å². The SMILES string of the molecule is O=C(CCc1ccccc1)N=C1S[C@H]2CS(=O)(=O)C[C@H]2N1c1c(Cl)cccc1Cl. The molecule has 0 saturated carbocycles. The number of carbonyl (C=O) groups excluding carboxylic acids is 1. The van der Waals surface area contributed by atoms with Gasteiger partial charge in [0.15, 0.2) is 15.0 Å². The predicted octanol–water partition coefficient (Wildman–Crippen LogP) is 4.23. The van der Waals surface area contributed by atoms with E-state index in [1.54, 1.807) is 23.1 Å². The molecule has 2 aromatic rings. The first-order valence-electron chi connectivity index (χ1n) is 9.10. The number of fused-ring (bicyclic) bond motifs is 1. The molecule has 2 atom stereocenters. The number of rotatable bonds is 4. The van der Waals surface area contributed by atoms with Gasteiger partial charge in [0.1, 0.15) is 0 Å². The van der Waals surface area contributed by atoms with E-state index in [1.165, 1.54) is 11.8 Å². The van der Waals surface area contributed by atoms with E-state index in [-0.39, 0.29) is 35.1 Å². The number of benzene rings is 2. The van der Waals surface area contributed by atoms with Crippen LogP contribution in [-0.2, 0) is 21.1 Å². The van der Waals surface area contributed by atoms with Crippen LogP contribution in [0.15, 0.2) is 53.5 Å². The topological polar surface area (TPSA) is 66.8 Å². The van der Waals surface area contributed by atoms with Gasteiger partial charge in [0.25, 0.3) is 0 Å². The third-order valence-corrected chi connectivity index (χ3v) is 8.76. The minimum absolute atomic E-state index is 0.0105. The molecule has 0 spiro atoms. The molecule has 1 amide bonds. The highest BCUT2D eigenvalue weighted by Crippen LogP contribution is 2.45. The minimum Gasteiger partial charge on any atom is -0.313 e. The van der Waals surface area contributed by atoms with Crippen LogP contribution >= 0.6 is 35.0 Å². The average Bonchev–Trinajstić information content (AvgIpc) is 3.13. The van der Waals surface area contributed by atoms with E-state index < -0.39 is 9.84 Å². The van der Waals surface area contributed by atoms with Gasteiger partial charge in [-0.05, 0) is 24.1 Å². The van der Waals surface area contributed by atoms with Crippen molar-refractivity contribution < 1.29 is 13.2 Å². The van der Waals surface area contributed by atoms with E-state index in [1.807, 2.05) is 30.3 Å². The molecule has 2 saturated heterocycles. The first kappa shape index (κ1) is 20.7. The fraction of sp³-hybridized carbons (Fsp3) is 0.300. The van der Waals surface area contributed by atoms with E-state index in [9.17, 15) is 13.2 Å². The lowest BCUT2D eigenvalue weighted by Gasteiger charge is -2.26. The van der Waals surface area contributed by atoms with E-state index in [2.05, 4.69) is 4.99 Å². The number of amidine groups is 1. The second-order valence-electron chi connectivity index (χ2n) is 7.01. The summed E-state index contributed by atoms with van der Waals surface area (Å²) in [6.07, 6.45) is 0.862. The van der Waals surface area contributed by atoms with Gasteiger partial charge in [-0.2, -0.15) is 4.99 Å². The van der Waals surface area contributed by atoms with Crippen molar-refractivity contribution in [3.05, 3.63) is 64.1 Å². The molecule has 0 unspecified atom stereocenters. The zero-order valence-corrected chi connectivity index (χ0v) is 18.4. The van der Waals surface area contributed by atoms with Crippen molar-refractivity contribution in [2.75, 3.05) is 16.4 Å². The molecule has 152 valence electrons. The number of nitrogens with zero attached hydrogens (tertiary/aromatic N) is 2. The highest BCUT2D eigenvalue weighted by Gasteiger charge is 2.50. The summed E-state index contributed by atoms with van der Waals surface area (Å²) in [6.45, 7) is 0. The summed E-state index contributed by atoms with van der Waals surface area (Å²) in [4.78, 5) is 18.6. The monoisotopic (exact) mass is 468 g/mol. The molecule has 2 aliphatic rings. The largest absolute Gasteiger partial charge is 0.313 e. The van der Waals surface area contributed by atoms with E-state index in [0.29, 0.717) is 27.3 Å². The Morgan fingerprint density at radius 2 is 1.76 bits per heavy atom. The van der Waals surface area contributed by atoms with Gasteiger partial charge >= 0.3 is 0 Å². The number of sulfone groups is 1. The molecule has 0 aliphatic carbocycles. The van der Waals surface area contributed by atoms with Gasteiger partial charge in [-0.3, -0.25) is 4.79 Å². The van der Waals surface area contributed by atoms with Crippen LogP contribution < -0.4 is 4.90 Å². The molecule has 0 radical (unpaired) electrons. The van der Waals surface area contributed by atoms with Gasteiger partial charge in [-0.25, -0.2) is 8.42 Å². The lowest BCUT2D eigenvalue weighted by molar-refractivity contribution is -0.117. The number of amides is 1. The first-order valence-corrected chi connectivity index (χ1v) is 12.6. The molecule has 4 rings (SSSR count). The van der Waals surface area contributed by atoms with Gasteiger partial charge in [-0.1, -0.05) is 71.4 Å². The van der Waals surface area contributed by atoms with Crippen LogP contribution in [0.4, 0.5) is 5.69 Å². The Morgan fingerprint density at radius 1 is 1.07 bits per heavy atom. The maximum absolute atomic E-state index is 12.6. The summed E-state index contributed by atoms with van der Waals surface area (Å²) in [5, 5.41) is 1.05. The smallest absolute Gasteiger partial charge is 0.248 e. The summed E-state index contributed by atoms with van der Waals surface area (Å²) >= 11 is 14.1. The first-order chi connectivity index (χ1) is 13.8. The van der Waals surface area contributed by atoms with Crippen molar-refractivity contribution in [1.29, 1.82) is 0 Å². The van der Waals surface area contributed by atoms with Crippen molar-refractivity contribution in [2.45, 2.75) is 24.1 Å². The van der Waals surface area contributed by atoms with Crippen LogP contribution in [0.5, 0.6) is 0 Å². The lowest BCUT2D eigenvalue weighted by Crippen LogP contribution is -2.38. The summed E-state index contributed by atoms with van der Waals surface area (Å²) in [5.41, 5.74) is 1.57. The Balaban J connectivity index is 1.63. The Hall–Kier alpha value is -1.54. The Morgan fingerprint density at radius 3 is 2.45 bits per heavy atom. The number of aliphatic imine (C=N–C) groups is 1. The molecular formula is C20H18Cl2N2O3S2. The molecule has 0 N–H and O–H groups in total. The van der Waals surface area contributed by atoms with Crippen LogP contribution in [0.2, 0.25) is 10.0 Å². The predicted molar refractivity (Wildman–Crippen MR) is 120 cm³/mol. The number of carbonyl (C=O) groups is 1. The Labute approximate surface area is 184 Å². The standard InChI is InChI=1S/C20H18Cl2N2O3S2/c21-14-7-4-8-15(22)19(14)24-16-11-29(26,27)12-17(16)28-20(24)23-18(25)10-9-13-5-2-1-3-6-13/h1-8,16-17H,9-12H2/t16-,17+/m1/s1. The van der Waals surface area contributed by atoms with Gasteiger partial charge in [0.2, 0.25) is 5.91 Å². The number of hydrogen-bond donors (Lipinski definition) is 0. The summed E-state index contributed by atoms with van der Waals surface area (Å²) < 4.78 is 24.3. The average molecular weight is 469 g/mol. The molecule has 9 heteroatoms. The molecule has 2 fully saturated rings. The van der Waals surface area contributed by atoms with E-state index in [4.69, 9.17) is 23.2 Å². The molecule has 0 bridgehead atoms. The molecule has 2 aliphatic heterocycles. The van der Waals surface area contributed by atoms with Crippen LogP contribution in [0.25, 0.3) is 0 Å². The maximum Gasteiger partial charge on any atom is 0.248 e. The maximum atomic E-state index is 12.6. The zero-order chi connectivity index (χ0) is 20.6. The summed E-state index contributed by atoms with van der Waals surface area (Å²) in [5.74, 6) is -0.214. The fourth-order valence-corrected chi connectivity index (χ4v) is 8.10. The lowest BCUT2D eigenvalue weighted by atomic mass is 10.1. The number of halogens is 2.